The van der Waals surface area contributed by atoms with Gasteiger partial charge in [0.15, 0.2) is 5.13 Å². The Morgan fingerprint density at radius 2 is 1.51 bits per heavy atom. The van der Waals surface area contributed by atoms with Gasteiger partial charge in [0.2, 0.25) is 0 Å². The van der Waals surface area contributed by atoms with Gasteiger partial charge >= 0.3 is 5.97 Å². The zero-order chi connectivity index (χ0) is 26.3. The van der Waals surface area contributed by atoms with Gasteiger partial charge in [-0.05, 0) is 24.1 Å². The SMILES string of the molecule is CCCCCONCc1ccccc1.O=C(Nc1nc(-c2ccccc2)c(C(=O)O)s1)c1ccccc1. The van der Waals surface area contributed by atoms with E-state index in [1.165, 1.54) is 18.4 Å². The Kier molecular flexibility index (Phi) is 11.5. The predicted octanol–water partition coefficient (Wildman–Crippen LogP) is 6.66. The quantitative estimate of drug-likeness (QED) is 0.152. The van der Waals surface area contributed by atoms with E-state index in [1.807, 2.05) is 42.5 Å². The molecule has 192 valence electrons. The molecule has 0 bridgehead atoms. The van der Waals surface area contributed by atoms with Crippen LogP contribution in [0.4, 0.5) is 5.13 Å². The van der Waals surface area contributed by atoms with Gasteiger partial charge in [0.25, 0.3) is 5.91 Å². The number of carboxylic acids is 1. The van der Waals surface area contributed by atoms with E-state index in [-0.39, 0.29) is 15.9 Å². The van der Waals surface area contributed by atoms with Gasteiger partial charge < -0.3 is 9.94 Å². The molecule has 0 unspecified atom stereocenters. The summed E-state index contributed by atoms with van der Waals surface area (Å²) in [5.74, 6) is -1.39. The summed E-state index contributed by atoms with van der Waals surface area (Å²) in [7, 11) is 0. The lowest BCUT2D eigenvalue weighted by Crippen LogP contribution is -2.14. The largest absolute Gasteiger partial charge is 0.477 e. The Morgan fingerprint density at radius 3 is 2.14 bits per heavy atom. The molecule has 4 rings (SSSR count). The van der Waals surface area contributed by atoms with Crippen molar-refractivity contribution in [1.29, 1.82) is 0 Å². The van der Waals surface area contributed by atoms with Crippen LogP contribution in [0.15, 0.2) is 91.0 Å². The van der Waals surface area contributed by atoms with Crippen LogP contribution in [0.3, 0.4) is 0 Å². The second-order valence-corrected chi connectivity index (χ2v) is 9.05. The Hall–Kier alpha value is -3.85. The summed E-state index contributed by atoms with van der Waals surface area (Å²) in [4.78, 5) is 33.2. The minimum absolute atomic E-state index is 0.0968. The first-order chi connectivity index (χ1) is 18.1. The molecule has 0 aliphatic rings. The van der Waals surface area contributed by atoms with Crippen LogP contribution in [0.2, 0.25) is 0 Å². The van der Waals surface area contributed by atoms with Gasteiger partial charge in [-0.2, -0.15) is 5.48 Å². The van der Waals surface area contributed by atoms with E-state index in [2.05, 4.69) is 34.8 Å². The number of aromatic nitrogens is 1. The Morgan fingerprint density at radius 1 is 0.892 bits per heavy atom. The number of hydrogen-bond acceptors (Lipinski definition) is 6. The van der Waals surface area contributed by atoms with Crippen molar-refractivity contribution in [3.05, 3.63) is 107 Å². The lowest BCUT2D eigenvalue weighted by molar-refractivity contribution is 0.0342. The van der Waals surface area contributed by atoms with E-state index in [4.69, 9.17) is 4.84 Å². The van der Waals surface area contributed by atoms with Crippen molar-refractivity contribution in [2.45, 2.75) is 32.7 Å². The van der Waals surface area contributed by atoms with Crippen molar-refractivity contribution in [3.8, 4) is 11.3 Å². The van der Waals surface area contributed by atoms with Crippen LogP contribution in [0.5, 0.6) is 0 Å². The number of rotatable bonds is 11. The van der Waals surface area contributed by atoms with Gasteiger partial charge in [-0.25, -0.2) is 9.78 Å². The minimum Gasteiger partial charge on any atom is -0.477 e. The highest BCUT2D eigenvalue weighted by atomic mass is 32.1. The second kappa shape index (κ2) is 15.3. The maximum absolute atomic E-state index is 12.1. The maximum atomic E-state index is 12.1. The lowest BCUT2D eigenvalue weighted by Gasteiger charge is -2.05. The number of amides is 1. The summed E-state index contributed by atoms with van der Waals surface area (Å²) >= 11 is 0.943. The van der Waals surface area contributed by atoms with Crippen molar-refractivity contribution < 1.29 is 19.5 Å². The molecular weight excluding hydrogens is 486 g/mol. The van der Waals surface area contributed by atoms with Gasteiger partial charge in [0.1, 0.15) is 4.88 Å². The molecule has 0 aliphatic carbocycles. The molecule has 1 aromatic heterocycles. The second-order valence-electron chi connectivity index (χ2n) is 8.05. The normalized spacial score (nSPS) is 10.3. The number of thiazole rings is 1. The van der Waals surface area contributed by atoms with Crippen LogP contribution in [-0.2, 0) is 11.4 Å². The molecule has 0 radical (unpaired) electrons. The topological polar surface area (TPSA) is 101 Å². The molecule has 0 spiro atoms. The lowest BCUT2D eigenvalue weighted by atomic mass is 10.1. The van der Waals surface area contributed by atoms with Crippen molar-refractivity contribution in [2.24, 2.45) is 0 Å². The van der Waals surface area contributed by atoms with Crippen molar-refractivity contribution in [1.82, 2.24) is 10.5 Å². The van der Waals surface area contributed by atoms with Crippen LogP contribution >= 0.6 is 11.3 Å². The molecule has 0 atom stereocenters. The van der Waals surface area contributed by atoms with Gasteiger partial charge in [-0.3, -0.25) is 10.1 Å². The molecule has 8 heteroatoms. The molecule has 7 nitrogen and oxygen atoms in total. The summed E-state index contributed by atoms with van der Waals surface area (Å²) in [5, 5.41) is 12.3. The van der Waals surface area contributed by atoms with Gasteiger partial charge in [0, 0.05) is 17.7 Å². The zero-order valence-electron chi connectivity index (χ0n) is 20.7. The van der Waals surface area contributed by atoms with E-state index in [0.29, 0.717) is 16.8 Å². The molecular formula is C29H31N3O4S. The average Bonchev–Trinajstić information content (AvgIpc) is 3.37. The van der Waals surface area contributed by atoms with Crippen molar-refractivity contribution >= 4 is 28.3 Å². The van der Waals surface area contributed by atoms with Crippen LogP contribution in [0, 0.1) is 0 Å². The summed E-state index contributed by atoms with van der Waals surface area (Å²) < 4.78 is 0. The number of benzene rings is 3. The number of carboxylic acid groups (broad SMARTS) is 1. The first-order valence-corrected chi connectivity index (χ1v) is 12.9. The number of anilines is 1. The van der Waals surface area contributed by atoms with E-state index in [1.54, 1.807) is 36.4 Å². The van der Waals surface area contributed by atoms with E-state index in [0.717, 1.165) is 30.9 Å². The molecule has 37 heavy (non-hydrogen) atoms. The summed E-state index contributed by atoms with van der Waals surface area (Å²) in [5.41, 5.74) is 5.75. The van der Waals surface area contributed by atoms with Crippen LogP contribution < -0.4 is 10.8 Å². The fourth-order valence-electron chi connectivity index (χ4n) is 3.30. The summed E-state index contributed by atoms with van der Waals surface area (Å²) in [6.07, 6.45) is 3.62. The highest BCUT2D eigenvalue weighted by Gasteiger charge is 2.20. The Bertz CT molecular complexity index is 1230. The summed E-state index contributed by atoms with van der Waals surface area (Å²) in [6.45, 7) is 3.78. The number of carbonyl (C=O) groups excluding carboxylic acids is 1. The smallest absolute Gasteiger partial charge is 0.348 e. The first-order valence-electron chi connectivity index (χ1n) is 12.1. The molecule has 0 aliphatic heterocycles. The molecule has 1 heterocycles. The number of hydroxylamine groups is 1. The standard InChI is InChI=1S/C17H12N2O3S.C12H19NO/c20-15(12-9-5-2-6-10-12)19-17-18-13(14(23-17)16(21)22)11-7-3-1-4-8-11;1-2-3-7-10-14-13-11-12-8-5-4-6-9-12/h1-10H,(H,21,22)(H,18,19,20);4-6,8-9,13H,2-3,7,10-11H2,1H3. The predicted molar refractivity (Wildman–Crippen MR) is 148 cm³/mol. The maximum Gasteiger partial charge on any atom is 0.348 e. The molecule has 3 N–H and O–H groups in total. The van der Waals surface area contributed by atoms with E-state index < -0.39 is 5.97 Å². The van der Waals surface area contributed by atoms with Gasteiger partial charge in [-0.15, -0.1) is 0 Å². The van der Waals surface area contributed by atoms with Gasteiger partial charge in [0.05, 0.1) is 12.3 Å². The molecule has 3 aromatic carbocycles. The zero-order valence-corrected chi connectivity index (χ0v) is 21.5. The molecule has 0 saturated carbocycles. The van der Waals surface area contributed by atoms with Crippen LogP contribution in [-0.4, -0.2) is 28.6 Å². The number of hydrogen-bond donors (Lipinski definition) is 3. The third kappa shape index (κ3) is 9.27. The molecule has 1 amide bonds. The molecule has 0 saturated heterocycles. The number of aromatic carboxylic acids is 1. The first kappa shape index (κ1) is 27.7. The monoisotopic (exact) mass is 517 g/mol. The number of nitrogens with zero attached hydrogens (tertiary/aromatic N) is 1. The van der Waals surface area contributed by atoms with Crippen LogP contribution in [0.25, 0.3) is 11.3 Å². The van der Waals surface area contributed by atoms with Crippen molar-refractivity contribution in [2.75, 3.05) is 11.9 Å². The van der Waals surface area contributed by atoms with Gasteiger partial charge in [-0.1, -0.05) is 110 Å². The number of unbranched alkanes of at least 4 members (excludes halogenated alkanes) is 2. The highest BCUT2D eigenvalue weighted by molar-refractivity contribution is 7.18. The average molecular weight is 518 g/mol. The van der Waals surface area contributed by atoms with Crippen molar-refractivity contribution in [3.63, 3.8) is 0 Å². The van der Waals surface area contributed by atoms with E-state index in [9.17, 15) is 14.7 Å². The third-order valence-corrected chi connectivity index (χ3v) is 6.15. The summed E-state index contributed by atoms with van der Waals surface area (Å²) in [6, 6.07) is 28.0. The Labute approximate surface area is 221 Å². The Balaban J connectivity index is 0.000000233. The minimum atomic E-state index is -1.07. The van der Waals surface area contributed by atoms with E-state index >= 15 is 0 Å². The number of carbonyl (C=O) groups is 2. The fourth-order valence-corrected chi connectivity index (χ4v) is 4.12. The fraction of sp³-hybridized carbons (Fsp3) is 0.207. The highest BCUT2D eigenvalue weighted by Crippen LogP contribution is 2.31. The third-order valence-electron chi connectivity index (χ3n) is 5.20. The number of nitrogens with one attached hydrogen (secondary N) is 2. The molecule has 0 fully saturated rings. The molecule has 4 aromatic rings. The van der Waals surface area contributed by atoms with Crippen LogP contribution in [0.1, 0.15) is 51.8 Å².